The summed E-state index contributed by atoms with van der Waals surface area (Å²) >= 11 is 0. The number of quaternary nitrogens is 1. The molecule has 1 amide bonds. The van der Waals surface area contributed by atoms with E-state index in [0.717, 1.165) is 45.1 Å². The summed E-state index contributed by atoms with van der Waals surface area (Å²) in [5, 5.41) is 17.0. The van der Waals surface area contributed by atoms with E-state index in [1.54, 1.807) is 24.4 Å². The van der Waals surface area contributed by atoms with Gasteiger partial charge in [-0.3, -0.25) is 9.59 Å². The van der Waals surface area contributed by atoms with E-state index in [1.807, 2.05) is 25.2 Å². The first-order valence-electron chi connectivity index (χ1n) is 12.3. The van der Waals surface area contributed by atoms with Gasteiger partial charge in [0.1, 0.15) is 18.7 Å². The van der Waals surface area contributed by atoms with Gasteiger partial charge in [-0.25, -0.2) is 9.97 Å². The van der Waals surface area contributed by atoms with Gasteiger partial charge < -0.3 is 19.6 Å². The first kappa shape index (κ1) is 24.3. The van der Waals surface area contributed by atoms with Crippen LogP contribution in [0.2, 0.25) is 0 Å². The van der Waals surface area contributed by atoms with Crippen LogP contribution in [0.3, 0.4) is 0 Å². The van der Waals surface area contributed by atoms with Crippen LogP contribution in [0.15, 0.2) is 48.9 Å². The third kappa shape index (κ3) is 5.62. The van der Waals surface area contributed by atoms with Gasteiger partial charge in [0.25, 0.3) is 5.91 Å². The van der Waals surface area contributed by atoms with Crippen LogP contribution in [0.4, 0.5) is 5.82 Å². The molecule has 2 aromatic rings. The summed E-state index contributed by atoms with van der Waals surface area (Å²) in [5.74, 6) is -0.635. The highest BCUT2D eigenvalue weighted by Gasteiger charge is 2.41. The number of rotatable bonds is 7. The summed E-state index contributed by atoms with van der Waals surface area (Å²) in [6.45, 7) is 1.54. The van der Waals surface area contributed by atoms with Crippen LogP contribution in [-0.2, 0) is 19.9 Å². The molecule has 1 aromatic carbocycles. The summed E-state index contributed by atoms with van der Waals surface area (Å²) in [5.41, 5.74) is -1.41. The largest absolute Gasteiger partial charge is 0.837 e. The van der Waals surface area contributed by atoms with Gasteiger partial charge >= 0.3 is 5.97 Å². The number of nitrogens with one attached hydrogen (secondary N) is 1. The number of aromatic nitrogens is 2. The maximum atomic E-state index is 14.2. The van der Waals surface area contributed by atoms with Crippen molar-refractivity contribution >= 4 is 17.7 Å². The van der Waals surface area contributed by atoms with E-state index >= 15 is 0 Å². The number of benzene rings is 1. The summed E-state index contributed by atoms with van der Waals surface area (Å²) in [6.07, 6.45) is 8.61. The lowest BCUT2D eigenvalue weighted by Gasteiger charge is -2.48. The number of carbonyl (C=O) groups excluding carboxylic acids is 2. The van der Waals surface area contributed by atoms with Gasteiger partial charge in [0.15, 0.2) is 12.6 Å². The van der Waals surface area contributed by atoms with E-state index in [1.165, 1.54) is 6.33 Å². The Labute approximate surface area is 201 Å². The molecule has 2 fully saturated rings. The number of amides is 1. The van der Waals surface area contributed by atoms with Crippen molar-refractivity contribution in [3.63, 3.8) is 0 Å². The monoisotopic (exact) mass is 466 g/mol. The van der Waals surface area contributed by atoms with Crippen LogP contribution < -0.4 is 10.4 Å². The molecule has 1 saturated carbocycles. The number of likely N-dealkylation sites (tertiary alicyclic amines) is 1. The molecule has 1 aromatic heterocycles. The highest BCUT2D eigenvalue weighted by Crippen LogP contribution is 2.39. The van der Waals surface area contributed by atoms with Crippen molar-refractivity contribution in [3.05, 3.63) is 54.5 Å². The van der Waals surface area contributed by atoms with Crippen molar-refractivity contribution in [2.45, 2.75) is 56.7 Å². The first-order chi connectivity index (χ1) is 16.4. The predicted molar refractivity (Wildman–Crippen MR) is 125 cm³/mol. The second-order valence-electron chi connectivity index (χ2n) is 9.93. The highest BCUT2D eigenvalue weighted by molar-refractivity contribution is 5.90. The molecule has 8 nitrogen and oxygen atoms in total. The molecule has 4 rings (SSSR count). The lowest BCUT2D eigenvalue weighted by Crippen LogP contribution is -2.59. The molecule has 0 bridgehead atoms. The molecule has 182 valence electrons. The average molecular weight is 467 g/mol. The molecule has 0 radical (unpaired) electrons. The fraction of sp³-hybridized carbons (Fsp3) is 0.538. The summed E-state index contributed by atoms with van der Waals surface area (Å²) in [7, 11) is 1.99. The SMILES string of the molecule is C[N@@+]1(CC(=O)Nc2ccncn2)CCCC(OC(=O)C([O-])(c2ccccc2)C2CCCCC2)C1. The standard InChI is InChI=1S/C26H34N4O4/c1-30(18-24(31)29-23-14-15-27-19-28-23)16-8-13-22(17-30)34-25(32)26(33,20-9-4-2-5-10-20)21-11-6-3-7-12-21/h2,4-5,9-10,14-15,19,21-22H,3,6-8,11-13,16-18H2,1H3,(H,27,28,29,31)/t22?,26?,30-/m1/s1. The van der Waals surface area contributed by atoms with E-state index in [2.05, 4.69) is 15.3 Å². The molecular weight excluding hydrogens is 432 g/mol. The molecule has 3 atom stereocenters. The van der Waals surface area contributed by atoms with E-state index in [4.69, 9.17) is 4.74 Å². The van der Waals surface area contributed by atoms with Crippen molar-refractivity contribution in [2.75, 3.05) is 32.0 Å². The van der Waals surface area contributed by atoms with Gasteiger partial charge in [0, 0.05) is 18.2 Å². The van der Waals surface area contributed by atoms with Gasteiger partial charge in [-0.05, 0) is 24.0 Å². The second kappa shape index (κ2) is 10.6. The van der Waals surface area contributed by atoms with Crippen molar-refractivity contribution in [1.82, 2.24) is 9.97 Å². The number of ether oxygens (including phenoxy) is 1. The number of likely N-dealkylation sites (N-methyl/N-ethyl adjacent to an activating group) is 1. The Bertz CT molecular complexity index is 967. The van der Waals surface area contributed by atoms with E-state index in [-0.39, 0.29) is 18.4 Å². The van der Waals surface area contributed by atoms with E-state index in [0.29, 0.717) is 28.8 Å². The molecule has 8 heteroatoms. The number of esters is 1. The molecule has 1 aliphatic carbocycles. The van der Waals surface area contributed by atoms with Crippen LogP contribution >= 0.6 is 0 Å². The van der Waals surface area contributed by atoms with Crippen molar-refractivity contribution in [2.24, 2.45) is 5.92 Å². The maximum absolute atomic E-state index is 14.2. The fourth-order valence-electron chi connectivity index (χ4n) is 5.46. The molecule has 2 heterocycles. The molecule has 2 aliphatic rings. The summed E-state index contributed by atoms with van der Waals surface area (Å²) in [6, 6.07) is 10.6. The van der Waals surface area contributed by atoms with Crippen LogP contribution in [-0.4, -0.2) is 59.1 Å². The van der Waals surface area contributed by atoms with Gasteiger partial charge in [0.2, 0.25) is 0 Å². The molecule has 1 saturated heterocycles. The Kier molecular flexibility index (Phi) is 7.58. The summed E-state index contributed by atoms with van der Waals surface area (Å²) < 4.78 is 6.38. The fourth-order valence-corrected chi connectivity index (χ4v) is 5.46. The van der Waals surface area contributed by atoms with Crippen molar-refractivity contribution in [3.8, 4) is 0 Å². The topological polar surface area (TPSA) is 104 Å². The van der Waals surface area contributed by atoms with Crippen LogP contribution in [0.1, 0.15) is 50.5 Å². The molecular formula is C26H34N4O4. The zero-order chi connectivity index (χ0) is 24.0. The lowest BCUT2D eigenvalue weighted by atomic mass is 9.73. The molecule has 1 aliphatic heterocycles. The van der Waals surface area contributed by atoms with Gasteiger partial charge in [-0.1, -0.05) is 62.4 Å². The van der Waals surface area contributed by atoms with Crippen molar-refractivity contribution in [1.29, 1.82) is 0 Å². The van der Waals surface area contributed by atoms with Gasteiger partial charge in [-0.2, -0.15) is 0 Å². The van der Waals surface area contributed by atoms with Crippen LogP contribution in [0.5, 0.6) is 0 Å². The third-order valence-corrected chi connectivity index (χ3v) is 7.20. The quantitative estimate of drug-likeness (QED) is 0.496. The van der Waals surface area contributed by atoms with E-state index < -0.39 is 17.7 Å². The number of piperidine rings is 1. The zero-order valence-electron chi connectivity index (χ0n) is 19.8. The lowest BCUT2D eigenvalue weighted by molar-refractivity contribution is -0.909. The minimum Gasteiger partial charge on any atom is -0.837 e. The van der Waals surface area contributed by atoms with Crippen molar-refractivity contribution < 1.29 is 23.9 Å². The third-order valence-electron chi connectivity index (χ3n) is 7.20. The Morgan fingerprint density at radius 3 is 2.59 bits per heavy atom. The van der Waals surface area contributed by atoms with Crippen LogP contribution in [0, 0.1) is 5.92 Å². The maximum Gasteiger partial charge on any atom is 0.300 e. The Hall–Kier alpha value is -2.84. The number of hydrogen-bond donors (Lipinski definition) is 1. The summed E-state index contributed by atoms with van der Waals surface area (Å²) in [4.78, 5) is 34.0. The predicted octanol–water partition coefficient (Wildman–Crippen LogP) is 2.40. The molecule has 1 N–H and O–H groups in total. The Morgan fingerprint density at radius 2 is 1.88 bits per heavy atom. The molecule has 2 unspecified atom stereocenters. The zero-order valence-corrected chi connectivity index (χ0v) is 19.8. The average Bonchev–Trinajstić information content (AvgIpc) is 2.85. The Morgan fingerprint density at radius 1 is 1.12 bits per heavy atom. The minimum atomic E-state index is -1.90. The Balaban J connectivity index is 1.44. The number of anilines is 1. The van der Waals surface area contributed by atoms with Crippen LogP contribution in [0.25, 0.3) is 0 Å². The van der Waals surface area contributed by atoms with Gasteiger partial charge in [0.05, 0.1) is 13.6 Å². The minimum absolute atomic E-state index is 0.155. The highest BCUT2D eigenvalue weighted by atomic mass is 16.6. The smallest absolute Gasteiger partial charge is 0.300 e. The van der Waals surface area contributed by atoms with E-state index in [9.17, 15) is 14.7 Å². The molecule has 0 spiro atoms. The number of carbonyl (C=O) groups is 2. The number of nitrogens with zero attached hydrogens (tertiary/aromatic N) is 3. The normalized spacial score (nSPS) is 25.2. The second-order valence-corrected chi connectivity index (χ2v) is 9.93. The first-order valence-corrected chi connectivity index (χ1v) is 12.3. The number of hydrogen-bond acceptors (Lipinski definition) is 6. The van der Waals surface area contributed by atoms with Gasteiger partial charge in [-0.15, -0.1) is 0 Å². The molecule has 34 heavy (non-hydrogen) atoms.